The van der Waals surface area contributed by atoms with Crippen LogP contribution in [0.15, 0.2) is 85.1 Å². The van der Waals surface area contributed by atoms with E-state index in [1.165, 1.54) is 0 Å². The van der Waals surface area contributed by atoms with E-state index in [2.05, 4.69) is 10.6 Å². The van der Waals surface area contributed by atoms with Gasteiger partial charge in [-0.3, -0.25) is 9.59 Å². The van der Waals surface area contributed by atoms with Crippen molar-refractivity contribution in [2.24, 2.45) is 17.8 Å². The van der Waals surface area contributed by atoms with Crippen molar-refractivity contribution in [1.29, 1.82) is 0 Å². The van der Waals surface area contributed by atoms with E-state index in [4.69, 9.17) is 18.9 Å². The van der Waals surface area contributed by atoms with Crippen LogP contribution in [0.3, 0.4) is 0 Å². The molecule has 3 aliphatic rings. The van der Waals surface area contributed by atoms with Crippen LogP contribution in [0.25, 0.3) is 0 Å². The van der Waals surface area contributed by atoms with Crippen LogP contribution < -0.4 is 10.6 Å². The second-order valence-electron chi connectivity index (χ2n) is 19.4. The number of carbonyl (C=O) groups is 2. The summed E-state index contributed by atoms with van der Waals surface area (Å²) in [5.41, 5.74) is 0. The zero-order chi connectivity index (χ0) is 52.7. The lowest BCUT2D eigenvalue weighted by Gasteiger charge is -2.46. The lowest BCUT2D eigenvalue weighted by molar-refractivity contribution is -0.308. The molecule has 3 heterocycles. The summed E-state index contributed by atoms with van der Waals surface area (Å²) in [4.78, 5) is 26.4. The average Bonchev–Trinajstić information content (AvgIpc) is 3.30. The van der Waals surface area contributed by atoms with Crippen LogP contribution in [-0.2, 0) is 28.5 Å². The van der Waals surface area contributed by atoms with E-state index >= 15 is 0 Å². The van der Waals surface area contributed by atoms with Crippen LogP contribution in [0.1, 0.15) is 106 Å². The van der Waals surface area contributed by atoms with Gasteiger partial charge in [0.1, 0.15) is 12.2 Å². The normalized spacial score (nSPS) is 42.6. The SMILES string of the molecule is CCCNC(=O)[C@H]1[C@@H]2C[C@@H](O[C@@H]3O[C@H](C)[C@@H](O)[C@@H](NCCC)[C@@H]3O)/C=C/C=C/C=C/C=C/C=C/C=C/C=C/[C@H](C)[C@@H](O)[C@@H](C)[C@H](C)OC(=O)C[C@H](O)C[C@H](O)CC[C@@H](O)[C@H](O)C[C@H](O)C[C@](O)(C[C@@H]1O)O2. The van der Waals surface area contributed by atoms with Crippen molar-refractivity contribution in [2.45, 2.75) is 203 Å². The van der Waals surface area contributed by atoms with Crippen LogP contribution in [0.2, 0.25) is 0 Å². The highest BCUT2D eigenvalue weighted by atomic mass is 16.7. The Kier molecular flexibility index (Phi) is 27.9. The van der Waals surface area contributed by atoms with Crippen LogP contribution in [0.4, 0.5) is 0 Å². The monoisotopic (exact) mass is 1010 g/mol. The molecule has 0 aromatic carbocycles. The molecule has 0 aromatic rings. The molecular formula is C53H86N2O16. The number of cyclic esters (lactones) is 1. The Balaban J connectivity index is 1.94. The number of nitrogens with one attached hydrogen (secondary N) is 2. The molecule has 0 unspecified atom stereocenters. The predicted octanol–water partition coefficient (Wildman–Crippen LogP) is 2.19. The molecule has 3 aliphatic heterocycles. The summed E-state index contributed by atoms with van der Waals surface area (Å²) in [6.45, 7) is 11.5. The first-order valence-electron chi connectivity index (χ1n) is 25.4. The quantitative estimate of drug-likeness (QED) is 0.155. The molecule has 0 aliphatic carbocycles. The molecule has 12 N–H and O–H groups in total. The number of amides is 1. The van der Waals surface area contributed by atoms with E-state index < -0.39 is 147 Å². The second-order valence-corrected chi connectivity index (χ2v) is 19.4. The molecule has 19 atom stereocenters. The van der Waals surface area contributed by atoms with E-state index in [9.17, 15) is 60.7 Å². The highest BCUT2D eigenvalue weighted by Gasteiger charge is 2.51. The van der Waals surface area contributed by atoms with E-state index in [-0.39, 0.29) is 31.6 Å². The molecule has 71 heavy (non-hydrogen) atoms. The van der Waals surface area contributed by atoms with Gasteiger partial charge in [-0.2, -0.15) is 0 Å². The molecule has 18 nitrogen and oxygen atoms in total. The number of rotatable bonds is 8. The van der Waals surface area contributed by atoms with Gasteiger partial charge >= 0.3 is 5.97 Å². The summed E-state index contributed by atoms with van der Waals surface area (Å²) in [7, 11) is 0. The Bertz CT molecular complexity index is 1770. The highest BCUT2D eigenvalue weighted by Crippen LogP contribution is 2.38. The molecule has 0 spiro atoms. The Morgan fingerprint density at radius 1 is 0.662 bits per heavy atom. The third-order valence-corrected chi connectivity index (χ3v) is 13.2. The smallest absolute Gasteiger partial charge is 0.308 e. The van der Waals surface area contributed by atoms with Crippen molar-refractivity contribution >= 4 is 11.9 Å². The molecule has 2 fully saturated rings. The van der Waals surface area contributed by atoms with Gasteiger partial charge in [0.25, 0.3) is 0 Å². The average molecular weight is 1010 g/mol. The van der Waals surface area contributed by atoms with Crippen molar-refractivity contribution in [2.75, 3.05) is 13.1 Å². The van der Waals surface area contributed by atoms with Gasteiger partial charge in [-0.1, -0.05) is 113 Å². The number of fused-ring (bicyclic) bond motifs is 2. The number of aliphatic hydroxyl groups is 10. The third kappa shape index (κ3) is 21.5. The minimum Gasteiger partial charge on any atom is -0.462 e. The van der Waals surface area contributed by atoms with E-state index in [1.807, 2.05) is 75.5 Å². The van der Waals surface area contributed by atoms with Gasteiger partial charge in [0.15, 0.2) is 12.1 Å². The van der Waals surface area contributed by atoms with Gasteiger partial charge in [0.2, 0.25) is 5.91 Å². The zero-order valence-corrected chi connectivity index (χ0v) is 42.4. The van der Waals surface area contributed by atoms with Gasteiger partial charge in [-0.15, -0.1) is 0 Å². The molecule has 404 valence electrons. The molecule has 0 saturated carbocycles. The zero-order valence-electron chi connectivity index (χ0n) is 42.4. The standard InChI is InChI=1S/C53H86N2O16/c1-7-25-54-47-49(64)36(6)69-52(50(47)65)70-40-22-20-18-16-14-12-10-9-11-13-15-17-19-21-33(3)48(63)34(4)35(5)68-45(62)29-38(57)27-37(56)23-24-41(59)42(60)28-39(58)31-53(67)32-43(61)46(44(30-40)71-53)51(66)55-26-8-2/h9-22,33-44,46-50,52,54,56-61,63-65,67H,7-8,23-32H2,1-6H3,(H,55,66)/b10-9+,13-11+,14-12+,17-15+,18-16+,21-19+,22-20+/t33-,34-,35-,36+,37+,38+,39-,40-,41+,42+,43-,44-,46+,47+,48+,49+,50-,52-,53+/m0/s1. The van der Waals surface area contributed by atoms with E-state index in [0.717, 1.165) is 6.42 Å². The Hall–Kier alpha value is -3.44. The lowest BCUT2D eigenvalue weighted by atomic mass is 9.82. The van der Waals surface area contributed by atoms with Crippen LogP contribution in [-0.4, -0.2) is 174 Å². The fraction of sp³-hybridized carbons (Fsp3) is 0.698. The van der Waals surface area contributed by atoms with Crippen molar-refractivity contribution in [1.82, 2.24) is 10.6 Å². The fourth-order valence-electron chi connectivity index (χ4n) is 8.87. The van der Waals surface area contributed by atoms with Gasteiger partial charge in [0, 0.05) is 44.1 Å². The van der Waals surface area contributed by atoms with Gasteiger partial charge in [-0.05, 0) is 52.5 Å². The number of hydrogen-bond donors (Lipinski definition) is 12. The molecular weight excluding hydrogens is 921 g/mol. The van der Waals surface area contributed by atoms with Gasteiger partial charge < -0.3 is 80.6 Å². The third-order valence-electron chi connectivity index (χ3n) is 13.2. The van der Waals surface area contributed by atoms with E-state index in [0.29, 0.717) is 19.5 Å². The minimum atomic E-state index is -2.24. The van der Waals surface area contributed by atoms with Gasteiger partial charge in [0.05, 0.1) is 85.5 Å². The van der Waals surface area contributed by atoms with Crippen LogP contribution >= 0.6 is 0 Å². The molecule has 3 rings (SSSR count). The summed E-state index contributed by atoms with van der Waals surface area (Å²) in [6, 6.07) is -0.800. The molecule has 0 radical (unpaired) electrons. The highest BCUT2D eigenvalue weighted by molar-refractivity contribution is 5.80. The fourth-order valence-corrected chi connectivity index (χ4v) is 8.87. The summed E-state index contributed by atoms with van der Waals surface area (Å²) in [5, 5.41) is 117. The number of esters is 1. The van der Waals surface area contributed by atoms with Crippen molar-refractivity contribution in [3.63, 3.8) is 0 Å². The Morgan fingerprint density at radius 3 is 1.86 bits per heavy atom. The lowest BCUT2D eigenvalue weighted by Crippen LogP contribution is -2.63. The maximum atomic E-state index is 13.7. The van der Waals surface area contributed by atoms with Crippen molar-refractivity contribution < 1.29 is 79.6 Å². The Labute approximate surface area is 420 Å². The van der Waals surface area contributed by atoms with Crippen LogP contribution in [0.5, 0.6) is 0 Å². The van der Waals surface area contributed by atoms with Crippen molar-refractivity contribution in [3.05, 3.63) is 85.1 Å². The first kappa shape index (κ1) is 61.9. The topological polar surface area (TPSA) is 297 Å². The first-order valence-corrected chi connectivity index (χ1v) is 25.4. The Morgan fingerprint density at radius 2 is 1.25 bits per heavy atom. The molecule has 1 amide bonds. The van der Waals surface area contributed by atoms with Crippen molar-refractivity contribution in [3.8, 4) is 0 Å². The molecule has 2 bridgehead atoms. The summed E-state index contributed by atoms with van der Waals surface area (Å²) in [6.07, 6.45) is 7.18. The maximum absolute atomic E-state index is 13.7. The molecule has 18 heteroatoms. The largest absolute Gasteiger partial charge is 0.462 e. The summed E-state index contributed by atoms with van der Waals surface area (Å²) >= 11 is 0. The maximum Gasteiger partial charge on any atom is 0.308 e. The van der Waals surface area contributed by atoms with E-state index in [1.54, 1.807) is 51.2 Å². The minimum absolute atomic E-state index is 0.0844. The number of carbonyl (C=O) groups excluding carboxylic acids is 2. The number of ether oxygens (including phenoxy) is 4. The molecule has 0 aromatic heterocycles. The van der Waals surface area contributed by atoms with Crippen LogP contribution in [0, 0.1) is 17.8 Å². The van der Waals surface area contributed by atoms with Gasteiger partial charge in [-0.25, -0.2) is 0 Å². The predicted molar refractivity (Wildman–Crippen MR) is 267 cm³/mol. The molecule has 2 saturated heterocycles. The number of hydrogen-bond acceptors (Lipinski definition) is 17. The second kappa shape index (κ2) is 32.0. The summed E-state index contributed by atoms with van der Waals surface area (Å²) < 4.78 is 24.1. The first-order chi connectivity index (χ1) is 33.7. The number of allylic oxidation sites excluding steroid dienone is 12. The number of aliphatic hydroxyl groups excluding tert-OH is 9. The summed E-state index contributed by atoms with van der Waals surface area (Å²) in [5.74, 6) is -5.44.